The van der Waals surface area contributed by atoms with Crippen LogP contribution < -0.4 is 0 Å². The Hall–Kier alpha value is -0.200. The molecule has 0 aliphatic carbocycles. The highest BCUT2D eigenvalue weighted by molar-refractivity contribution is 7.99. The van der Waals surface area contributed by atoms with E-state index in [2.05, 4.69) is 17.8 Å². The third kappa shape index (κ3) is 5.77. The van der Waals surface area contributed by atoms with E-state index in [9.17, 15) is 0 Å². The Morgan fingerprint density at radius 1 is 1.31 bits per heavy atom. The van der Waals surface area contributed by atoms with Gasteiger partial charge in [-0.15, -0.1) is 0 Å². The van der Waals surface area contributed by atoms with Gasteiger partial charge in [-0.1, -0.05) is 6.42 Å². The van der Waals surface area contributed by atoms with E-state index in [1.54, 1.807) is 0 Å². The van der Waals surface area contributed by atoms with Crippen LogP contribution in [0, 0.1) is 16.7 Å². The fraction of sp³-hybridized carbons (Fsp3) is 0.923. The zero-order valence-corrected chi connectivity index (χ0v) is 11.3. The summed E-state index contributed by atoms with van der Waals surface area (Å²) in [5.41, 5.74) is -0.136. The van der Waals surface area contributed by atoms with Crippen molar-refractivity contribution in [1.82, 2.24) is 0 Å². The van der Waals surface area contributed by atoms with Crippen LogP contribution in [0.25, 0.3) is 0 Å². The molecule has 1 saturated heterocycles. The Bertz CT molecular complexity index is 229. The molecule has 0 amide bonds. The molecular formula is C13H23NOS. The lowest BCUT2D eigenvalue weighted by Gasteiger charge is -2.21. The molecule has 0 aromatic rings. The molecule has 1 fully saturated rings. The summed E-state index contributed by atoms with van der Waals surface area (Å²) in [6.07, 6.45) is 5.88. The van der Waals surface area contributed by atoms with Crippen LogP contribution in [0.2, 0.25) is 0 Å². The third-order valence-electron chi connectivity index (χ3n) is 3.02. The average Bonchev–Trinajstić information content (AvgIpc) is 2.30. The van der Waals surface area contributed by atoms with E-state index in [1.807, 2.05) is 13.8 Å². The standard InChI is InChI=1S/C13H23NOS/c1-13(2,11-14)7-3-4-10-16-12-5-8-15-9-6-12/h12H,3-10H2,1-2H3. The molecule has 0 bridgehead atoms. The summed E-state index contributed by atoms with van der Waals surface area (Å²) in [5.74, 6) is 1.24. The molecule has 92 valence electrons. The quantitative estimate of drug-likeness (QED) is 0.666. The SMILES string of the molecule is CC(C)(C#N)CCCCSC1CCOCC1. The van der Waals surface area contributed by atoms with Crippen LogP contribution in [0.5, 0.6) is 0 Å². The predicted octanol–water partition coefficient (Wildman–Crippen LogP) is 3.62. The van der Waals surface area contributed by atoms with E-state index in [0.29, 0.717) is 0 Å². The van der Waals surface area contributed by atoms with Crippen molar-refractivity contribution in [3.63, 3.8) is 0 Å². The predicted molar refractivity (Wildman–Crippen MR) is 69.5 cm³/mol. The van der Waals surface area contributed by atoms with E-state index in [-0.39, 0.29) is 5.41 Å². The van der Waals surface area contributed by atoms with Gasteiger partial charge < -0.3 is 4.74 Å². The van der Waals surface area contributed by atoms with E-state index < -0.39 is 0 Å². The van der Waals surface area contributed by atoms with Crippen LogP contribution >= 0.6 is 11.8 Å². The lowest BCUT2D eigenvalue weighted by Crippen LogP contribution is -2.17. The van der Waals surface area contributed by atoms with Crippen molar-refractivity contribution in [2.24, 2.45) is 5.41 Å². The molecule has 16 heavy (non-hydrogen) atoms. The molecule has 0 aromatic heterocycles. The summed E-state index contributed by atoms with van der Waals surface area (Å²) in [4.78, 5) is 0. The zero-order valence-electron chi connectivity index (χ0n) is 10.5. The summed E-state index contributed by atoms with van der Waals surface area (Å²) < 4.78 is 5.34. The molecule has 0 atom stereocenters. The minimum atomic E-state index is -0.136. The van der Waals surface area contributed by atoms with E-state index in [0.717, 1.165) is 24.9 Å². The number of hydrogen-bond acceptors (Lipinski definition) is 3. The van der Waals surface area contributed by atoms with Crippen LogP contribution in [0.15, 0.2) is 0 Å². The molecule has 1 rings (SSSR count). The monoisotopic (exact) mass is 241 g/mol. The van der Waals surface area contributed by atoms with Crippen molar-refractivity contribution in [1.29, 1.82) is 5.26 Å². The third-order valence-corrected chi connectivity index (χ3v) is 4.49. The van der Waals surface area contributed by atoms with Gasteiger partial charge in [-0.25, -0.2) is 0 Å². The minimum Gasteiger partial charge on any atom is -0.381 e. The molecule has 0 N–H and O–H groups in total. The lowest BCUT2D eigenvalue weighted by molar-refractivity contribution is 0.100. The van der Waals surface area contributed by atoms with Gasteiger partial charge in [0.05, 0.1) is 11.5 Å². The highest BCUT2D eigenvalue weighted by Gasteiger charge is 2.16. The van der Waals surface area contributed by atoms with Gasteiger partial charge in [0.1, 0.15) is 0 Å². The van der Waals surface area contributed by atoms with Crippen molar-refractivity contribution in [3.05, 3.63) is 0 Å². The van der Waals surface area contributed by atoms with Gasteiger partial charge in [-0.05, 0) is 45.3 Å². The second-order valence-corrected chi connectivity index (χ2v) is 6.54. The van der Waals surface area contributed by atoms with Gasteiger partial charge >= 0.3 is 0 Å². The summed E-state index contributed by atoms with van der Waals surface area (Å²) in [6.45, 7) is 5.94. The molecule has 0 unspecified atom stereocenters. The highest BCUT2D eigenvalue weighted by Crippen LogP contribution is 2.25. The number of unbranched alkanes of at least 4 members (excludes halogenated alkanes) is 1. The normalized spacial score (nSPS) is 18.3. The molecule has 0 radical (unpaired) electrons. The average molecular weight is 241 g/mol. The number of nitrogens with zero attached hydrogens (tertiary/aromatic N) is 1. The molecular weight excluding hydrogens is 218 g/mol. The van der Waals surface area contributed by atoms with E-state index in [1.165, 1.54) is 31.4 Å². The van der Waals surface area contributed by atoms with Gasteiger partial charge in [0, 0.05) is 18.5 Å². The number of ether oxygens (including phenoxy) is 1. The van der Waals surface area contributed by atoms with Gasteiger partial charge in [0.15, 0.2) is 0 Å². The first-order chi connectivity index (χ1) is 7.64. The zero-order chi connectivity index (χ0) is 11.9. The van der Waals surface area contributed by atoms with Crippen LogP contribution in [-0.4, -0.2) is 24.2 Å². The maximum absolute atomic E-state index is 8.89. The summed E-state index contributed by atoms with van der Waals surface area (Å²) in [6, 6.07) is 2.36. The Labute approximate surface area is 104 Å². The largest absolute Gasteiger partial charge is 0.381 e. The first-order valence-corrected chi connectivity index (χ1v) is 7.29. The molecule has 2 nitrogen and oxygen atoms in total. The molecule has 1 aliphatic rings. The fourth-order valence-corrected chi connectivity index (χ4v) is 3.05. The van der Waals surface area contributed by atoms with Crippen molar-refractivity contribution in [2.75, 3.05) is 19.0 Å². The number of hydrogen-bond donors (Lipinski definition) is 0. The maximum Gasteiger partial charge on any atom is 0.0683 e. The van der Waals surface area contributed by atoms with Crippen LogP contribution in [0.3, 0.4) is 0 Å². The number of nitriles is 1. The molecule has 3 heteroatoms. The Morgan fingerprint density at radius 3 is 2.62 bits per heavy atom. The summed E-state index contributed by atoms with van der Waals surface area (Å²) in [7, 11) is 0. The molecule has 1 heterocycles. The van der Waals surface area contributed by atoms with Crippen LogP contribution in [-0.2, 0) is 4.74 Å². The Balaban J connectivity index is 1.97. The second kappa shape index (κ2) is 7.19. The van der Waals surface area contributed by atoms with E-state index >= 15 is 0 Å². The second-order valence-electron chi connectivity index (χ2n) is 5.14. The highest BCUT2D eigenvalue weighted by atomic mass is 32.2. The van der Waals surface area contributed by atoms with Crippen molar-refractivity contribution >= 4 is 11.8 Å². The Morgan fingerprint density at radius 2 is 2.00 bits per heavy atom. The number of rotatable bonds is 6. The topological polar surface area (TPSA) is 33.0 Å². The van der Waals surface area contributed by atoms with Crippen LogP contribution in [0.4, 0.5) is 0 Å². The number of thioether (sulfide) groups is 1. The molecule has 0 spiro atoms. The lowest BCUT2D eigenvalue weighted by atomic mass is 9.89. The minimum absolute atomic E-state index is 0.136. The first-order valence-electron chi connectivity index (χ1n) is 6.25. The van der Waals surface area contributed by atoms with E-state index in [4.69, 9.17) is 10.00 Å². The van der Waals surface area contributed by atoms with Gasteiger partial charge in [-0.2, -0.15) is 17.0 Å². The van der Waals surface area contributed by atoms with Crippen molar-refractivity contribution in [2.45, 2.75) is 51.2 Å². The van der Waals surface area contributed by atoms with Gasteiger partial charge in [0.25, 0.3) is 0 Å². The van der Waals surface area contributed by atoms with Crippen LogP contribution in [0.1, 0.15) is 46.0 Å². The summed E-state index contributed by atoms with van der Waals surface area (Å²) in [5, 5.41) is 9.70. The van der Waals surface area contributed by atoms with Gasteiger partial charge in [-0.3, -0.25) is 0 Å². The molecule has 0 saturated carbocycles. The fourth-order valence-electron chi connectivity index (χ4n) is 1.82. The van der Waals surface area contributed by atoms with Crippen molar-refractivity contribution < 1.29 is 4.74 Å². The molecule has 0 aromatic carbocycles. The van der Waals surface area contributed by atoms with Crippen molar-refractivity contribution in [3.8, 4) is 6.07 Å². The smallest absolute Gasteiger partial charge is 0.0683 e. The Kier molecular flexibility index (Phi) is 6.23. The molecule has 1 aliphatic heterocycles. The maximum atomic E-state index is 8.89. The first kappa shape index (κ1) is 13.9. The van der Waals surface area contributed by atoms with Gasteiger partial charge in [0.2, 0.25) is 0 Å². The summed E-state index contributed by atoms with van der Waals surface area (Å²) >= 11 is 2.09.